The van der Waals surface area contributed by atoms with Gasteiger partial charge in [0, 0.05) is 35.1 Å². The number of nitrogens with zero attached hydrogens (tertiary/aromatic N) is 4. The second-order valence-corrected chi connectivity index (χ2v) is 11.4. The molecule has 0 saturated carbocycles. The third-order valence-corrected chi connectivity index (χ3v) is 8.17. The van der Waals surface area contributed by atoms with Crippen LogP contribution in [0.25, 0.3) is 49.6 Å². The van der Waals surface area contributed by atoms with Crippen LogP contribution in [0, 0.1) is 13.8 Å². The summed E-state index contributed by atoms with van der Waals surface area (Å²) in [4.78, 5) is 18.5. The third-order valence-electron chi connectivity index (χ3n) is 8.17. The van der Waals surface area contributed by atoms with E-state index in [9.17, 15) is 0 Å². The van der Waals surface area contributed by atoms with E-state index in [1.807, 2.05) is 50.5 Å². The molecule has 0 fully saturated rings. The van der Waals surface area contributed by atoms with Crippen molar-refractivity contribution in [2.24, 2.45) is 4.99 Å². The number of aliphatic imine (C=N–C) groups is 1. The molecule has 0 atom stereocenters. The van der Waals surface area contributed by atoms with E-state index in [2.05, 4.69) is 119 Å². The average molecular weight is 581 g/mol. The lowest BCUT2D eigenvalue weighted by Gasteiger charge is -2.16. The molecule has 0 aliphatic heterocycles. The largest absolute Gasteiger partial charge is 0.256 e. The molecule has 0 unspecified atom stereocenters. The van der Waals surface area contributed by atoms with E-state index in [4.69, 9.17) is 4.99 Å². The van der Waals surface area contributed by atoms with Crippen LogP contribution in [0.1, 0.15) is 29.2 Å². The van der Waals surface area contributed by atoms with Crippen molar-refractivity contribution >= 4 is 38.9 Å². The quantitative estimate of drug-likeness (QED) is 0.184. The Morgan fingerprint density at radius 2 is 1.13 bits per heavy atom. The van der Waals surface area contributed by atoms with Crippen LogP contribution in [0.5, 0.6) is 0 Å². The molecule has 0 N–H and O–H groups in total. The summed E-state index contributed by atoms with van der Waals surface area (Å²) in [7, 11) is 0. The van der Waals surface area contributed by atoms with Crippen molar-refractivity contribution in [3.05, 3.63) is 162 Å². The number of benzene rings is 4. The van der Waals surface area contributed by atoms with Crippen LogP contribution in [-0.2, 0) is 0 Å². The average Bonchev–Trinajstić information content (AvgIpc) is 3.08. The Bertz CT molecular complexity index is 2160. The van der Waals surface area contributed by atoms with Crippen molar-refractivity contribution in [1.29, 1.82) is 0 Å². The molecule has 7 rings (SSSR count). The van der Waals surface area contributed by atoms with Crippen LogP contribution in [0.2, 0.25) is 0 Å². The van der Waals surface area contributed by atoms with Gasteiger partial charge in [-0.15, -0.1) is 0 Å². The molecule has 216 valence electrons. The molecule has 0 aliphatic carbocycles. The molecule has 0 radical (unpaired) electrons. The van der Waals surface area contributed by atoms with Crippen molar-refractivity contribution in [2.75, 3.05) is 0 Å². The van der Waals surface area contributed by atoms with E-state index in [-0.39, 0.29) is 0 Å². The van der Waals surface area contributed by atoms with E-state index in [0.29, 0.717) is 0 Å². The Morgan fingerprint density at radius 3 is 1.76 bits per heavy atom. The molecule has 4 heteroatoms. The summed E-state index contributed by atoms with van der Waals surface area (Å²) >= 11 is 0. The number of allylic oxidation sites excluding steroid dienone is 1. The van der Waals surface area contributed by atoms with Crippen molar-refractivity contribution in [1.82, 2.24) is 15.0 Å². The molecule has 4 aromatic carbocycles. The highest BCUT2D eigenvalue weighted by Crippen LogP contribution is 2.36. The molecule has 0 aliphatic rings. The molecular weight excluding hydrogens is 548 g/mol. The van der Waals surface area contributed by atoms with Crippen molar-refractivity contribution in [3.63, 3.8) is 0 Å². The lowest BCUT2D eigenvalue weighted by atomic mass is 9.88. The predicted molar refractivity (Wildman–Crippen MR) is 188 cm³/mol. The molecule has 45 heavy (non-hydrogen) atoms. The van der Waals surface area contributed by atoms with Gasteiger partial charge < -0.3 is 0 Å². The van der Waals surface area contributed by atoms with Gasteiger partial charge in [-0.25, -0.2) is 9.98 Å². The second kappa shape index (κ2) is 12.1. The number of hydrogen-bond acceptors (Lipinski definition) is 4. The van der Waals surface area contributed by atoms with Crippen LogP contribution >= 0.6 is 0 Å². The summed E-state index contributed by atoms with van der Waals surface area (Å²) in [5, 5.41) is 2.23. The minimum absolute atomic E-state index is 0.736. The van der Waals surface area contributed by atoms with Crippen molar-refractivity contribution < 1.29 is 0 Å². The van der Waals surface area contributed by atoms with Gasteiger partial charge in [0.05, 0.1) is 11.0 Å². The predicted octanol–water partition coefficient (Wildman–Crippen LogP) is 10.4. The molecule has 0 saturated heterocycles. The van der Waals surface area contributed by atoms with Crippen LogP contribution in [0.4, 0.5) is 5.82 Å². The summed E-state index contributed by atoms with van der Waals surface area (Å²) in [6.07, 6.45) is 7.66. The summed E-state index contributed by atoms with van der Waals surface area (Å²) in [5.74, 6) is 0.736. The minimum Gasteiger partial charge on any atom is -0.256 e. The lowest BCUT2D eigenvalue weighted by molar-refractivity contribution is 1.22. The number of aromatic nitrogens is 3. The first kappa shape index (κ1) is 28.1. The van der Waals surface area contributed by atoms with Gasteiger partial charge in [0.15, 0.2) is 5.82 Å². The summed E-state index contributed by atoms with van der Waals surface area (Å²) in [6.45, 7) is 6.25. The molecule has 3 heterocycles. The molecule has 0 amide bonds. The molecule has 4 nitrogen and oxygen atoms in total. The zero-order valence-electron chi connectivity index (χ0n) is 25.6. The fourth-order valence-corrected chi connectivity index (χ4v) is 5.82. The smallest absolute Gasteiger partial charge is 0.154 e. The zero-order valence-corrected chi connectivity index (χ0v) is 25.6. The molecule has 7 aromatic rings. The SMILES string of the molecule is CC(/C=C(/c1cc(-c2ccc3ncccc3c2)cc(-c2ccc3ncccc3c2)c1)c1ccccc1C)=Nc1ncccc1C. The molecule has 0 spiro atoms. The Morgan fingerprint density at radius 1 is 0.556 bits per heavy atom. The first-order chi connectivity index (χ1) is 22.0. The molecular formula is C41H32N4. The van der Waals surface area contributed by atoms with Crippen LogP contribution in [0.3, 0.4) is 0 Å². The van der Waals surface area contributed by atoms with E-state index < -0.39 is 0 Å². The normalized spacial score (nSPS) is 12.2. The molecule has 3 aromatic heterocycles. The van der Waals surface area contributed by atoms with E-state index in [1.54, 1.807) is 6.20 Å². The Labute approximate surface area is 263 Å². The topological polar surface area (TPSA) is 51.0 Å². The first-order valence-electron chi connectivity index (χ1n) is 15.1. The standard InChI is InChI=1S/C41H32N4/c1-27-9-4-5-13-37(27)38(21-29(3)45-41-28(2)10-6-20-44-41)36-25-34(30-14-16-39-32(22-30)11-7-18-42-39)24-35(26-36)31-15-17-40-33(23-31)12-8-19-43-40/h4-26H,1-3H3/b38-21-,45-29?. The van der Waals surface area contributed by atoms with Crippen LogP contribution in [-0.4, -0.2) is 20.7 Å². The van der Waals surface area contributed by atoms with Gasteiger partial charge in [0.25, 0.3) is 0 Å². The Kier molecular flexibility index (Phi) is 7.54. The highest BCUT2D eigenvalue weighted by atomic mass is 14.9. The Hall–Kier alpha value is -5.74. The maximum atomic E-state index is 4.92. The van der Waals surface area contributed by atoms with Crippen LogP contribution < -0.4 is 0 Å². The van der Waals surface area contributed by atoms with Gasteiger partial charge in [0.1, 0.15) is 0 Å². The second-order valence-electron chi connectivity index (χ2n) is 11.4. The summed E-state index contributed by atoms with van der Waals surface area (Å²) < 4.78 is 0. The van der Waals surface area contributed by atoms with Gasteiger partial charge >= 0.3 is 0 Å². The van der Waals surface area contributed by atoms with Gasteiger partial charge in [0.2, 0.25) is 0 Å². The fourth-order valence-electron chi connectivity index (χ4n) is 5.82. The third kappa shape index (κ3) is 5.91. The highest BCUT2D eigenvalue weighted by Gasteiger charge is 2.14. The van der Waals surface area contributed by atoms with Crippen molar-refractivity contribution in [2.45, 2.75) is 20.8 Å². The van der Waals surface area contributed by atoms with Gasteiger partial charge in [-0.3, -0.25) is 9.97 Å². The number of aryl methyl sites for hydroxylation is 2. The lowest BCUT2D eigenvalue weighted by Crippen LogP contribution is -1.97. The first-order valence-corrected chi connectivity index (χ1v) is 15.1. The highest BCUT2D eigenvalue weighted by molar-refractivity contribution is 6.04. The maximum absolute atomic E-state index is 4.92. The monoisotopic (exact) mass is 580 g/mol. The Balaban J connectivity index is 1.47. The number of pyridine rings is 3. The molecule has 0 bridgehead atoms. The summed E-state index contributed by atoms with van der Waals surface area (Å²) in [5.41, 5.74) is 13.0. The van der Waals surface area contributed by atoms with Gasteiger partial charge in [-0.1, -0.05) is 54.6 Å². The number of rotatable bonds is 6. The minimum atomic E-state index is 0.736. The fraction of sp³-hybridized carbons (Fsp3) is 0.0732. The van der Waals surface area contributed by atoms with E-state index in [1.165, 1.54) is 11.1 Å². The van der Waals surface area contributed by atoms with Crippen LogP contribution in [0.15, 0.2) is 145 Å². The number of fused-ring (bicyclic) bond motifs is 2. The maximum Gasteiger partial charge on any atom is 0.154 e. The zero-order chi connectivity index (χ0) is 30.8. The van der Waals surface area contributed by atoms with E-state index >= 15 is 0 Å². The number of hydrogen-bond donors (Lipinski definition) is 0. The van der Waals surface area contributed by atoms with Gasteiger partial charge in [-0.05, 0) is 138 Å². The van der Waals surface area contributed by atoms with E-state index in [0.717, 1.165) is 72.3 Å². The van der Waals surface area contributed by atoms with Gasteiger partial charge in [-0.2, -0.15) is 0 Å². The van der Waals surface area contributed by atoms with Crippen molar-refractivity contribution in [3.8, 4) is 22.3 Å². The summed E-state index contributed by atoms with van der Waals surface area (Å²) in [6, 6.07) is 40.6.